The van der Waals surface area contributed by atoms with Crippen molar-refractivity contribution in [3.8, 4) is 5.75 Å². The number of carboxylic acid groups (broad SMARTS) is 1. The van der Waals surface area contributed by atoms with Crippen molar-refractivity contribution >= 4 is 23.5 Å². The van der Waals surface area contributed by atoms with Gasteiger partial charge in [-0.2, -0.15) is 0 Å². The van der Waals surface area contributed by atoms with Crippen molar-refractivity contribution in [3.63, 3.8) is 0 Å². The third-order valence-electron chi connectivity index (χ3n) is 3.88. The molecule has 1 amide bonds. The maximum atomic E-state index is 12.6. The van der Waals surface area contributed by atoms with Crippen molar-refractivity contribution in [2.24, 2.45) is 0 Å². The zero-order valence-corrected chi connectivity index (χ0v) is 13.9. The molecular formula is C16H20ClNO5. The predicted octanol–water partition coefficient (Wildman–Crippen LogP) is 1.98. The normalized spacial score (nSPS) is 20.6. The van der Waals surface area contributed by atoms with Crippen LogP contribution in [-0.2, 0) is 20.7 Å². The molecule has 1 saturated heterocycles. The molecular weight excluding hydrogens is 322 g/mol. The molecule has 0 bridgehead atoms. The average Bonchev–Trinajstić information content (AvgIpc) is 2.95. The smallest absolute Gasteiger partial charge is 0.326 e. The van der Waals surface area contributed by atoms with Gasteiger partial charge in [0.1, 0.15) is 11.8 Å². The molecule has 0 aromatic heterocycles. The van der Waals surface area contributed by atoms with Crippen LogP contribution in [0.4, 0.5) is 0 Å². The Morgan fingerprint density at radius 2 is 2.17 bits per heavy atom. The van der Waals surface area contributed by atoms with Gasteiger partial charge in [0.15, 0.2) is 0 Å². The zero-order chi connectivity index (χ0) is 17.0. The lowest BCUT2D eigenvalue weighted by Crippen LogP contribution is -2.41. The largest absolute Gasteiger partial charge is 0.492 e. The van der Waals surface area contributed by atoms with E-state index in [1.54, 1.807) is 18.2 Å². The number of amides is 1. The van der Waals surface area contributed by atoms with Gasteiger partial charge in [-0.3, -0.25) is 4.79 Å². The second-order valence-corrected chi connectivity index (χ2v) is 5.74. The summed E-state index contributed by atoms with van der Waals surface area (Å²) in [5.41, 5.74) is 0.648. The van der Waals surface area contributed by atoms with Crippen molar-refractivity contribution in [1.29, 1.82) is 0 Å². The lowest BCUT2D eigenvalue weighted by molar-refractivity contribution is -0.148. The number of aliphatic carboxylic acids is 1. The lowest BCUT2D eigenvalue weighted by Gasteiger charge is -2.22. The summed E-state index contributed by atoms with van der Waals surface area (Å²) in [7, 11) is 1.52. The van der Waals surface area contributed by atoms with Gasteiger partial charge in [-0.25, -0.2) is 4.79 Å². The molecule has 2 atom stereocenters. The van der Waals surface area contributed by atoms with Crippen LogP contribution in [-0.4, -0.2) is 54.3 Å². The molecule has 1 N–H and O–H groups in total. The molecule has 0 spiro atoms. The molecule has 1 aliphatic rings. The SMILES string of the molecule is CCOc1c(Cl)cccc1CC(=O)N1CC(OC)CC1C(=O)O. The molecule has 2 rings (SSSR count). The summed E-state index contributed by atoms with van der Waals surface area (Å²) in [6.45, 7) is 2.54. The molecule has 0 aliphatic carbocycles. The minimum atomic E-state index is -1.02. The Balaban J connectivity index is 2.18. The van der Waals surface area contributed by atoms with Crippen LogP contribution >= 0.6 is 11.6 Å². The van der Waals surface area contributed by atoms with Crippen molar-refractivity contribution in [2.45, 2.75) is 31.9 Å². The summed E-state index contributed by atoms with van der Waals surface area (Å²) in [6.07, 6.45) is 0.0763. The third kappa shape index (κ3) is 3.95. The minimum Gasteiger partial charge on any atom is -0.492 e. The third-order valence-corrected chi connectivity index (χ3v) is 4.18. The molecule has 1 fully saturated rings. The molecule has 2 unspecified atom stereocenters. The van der Waals surface area contributed by atoms with Crippen molar-refractivity contribution in [1.82, 2.24) is 4.90 Å². The van der Waals surface area contributed by atoms with Crippen LogP contribution in [0.15, 0.2) is 18.2 Å². The first-order chi connectivity index (χ1) is 11.0. The maximum absolute atomic E-state index is 12.6. The van der Waals surface area contributed by atoms with Crippen LogP contribution in [0.5, 0.6) is 5.75 Å². The van der Waals surface area contributed by atoms with Crippen molar-refractivity contribution in [2.75, 3.05) is 20.3 Å². The number of likely N-dealkylation sites (tertiary alicyclic amines) is 1. The van der Waals surface area contributed by atoms with Gasteiger partial charge in [0.25, 0.3) is 0 Å². The fourth-order valence-electron chi connectivity index (χ4n) is 2.74. The Morgan fingerprint density at radius 1 is 1.43 bits per heavy atom. The topological polar surface area (TPSA) is 76.1 Å². The highest BCUT2D eigenvalue weighted by atomic mass is 35.5. The summed E-state index contributed by atoms with van der Waals surface area (Å²) >= 11 is 6.11. The Labute approximate surface area is 139 Å². The fraction of sp³-hybridized carbons (Fsp3) is 0.500. The van der Waals surface area contributed by atoms with E-state index >= 15 is 0 Å². The Morgan fingerprint density at radius 3 is 2.78 bits per heavy atom. The Bertz CT molecular complexity index is 592. The number of carbonyl (C=O) groups is 2. The number of carboxylic acids is 1. The Kier molecular flexibility index (Phi) is 5.85. The first-order valence-corrected chi connectivity index (χ1v) is 7.81. The van der Waals surface area contributed by atoms with E-state index in [2.05, 4.69) is 0 Å². The molecule has 1 aliphatic heterocycles. The van der Waals surface area contributed by atoms with Crippen LogP contribution in [0.3, 0.4) is 0 Å². The number of methoxy groups -OCH3 is 1. The van der Waals surface area contributed by atoms with E-state index in [-0.39, 0.29) is 25.0 Å². The summed E-state index contributed by atoms with van der Waals surface area (Å²) in [4.78, 5) is 25.3. The number of benzene rings is 1. The minimum absolute atomic E-state index is 0.0378. The van der Waals surface area contributed by atoms with Crippen LogP contribution in [0.25, 0.3) is 0 Å². The van der Waals surface area contributed by atoms with Gasteiger partial charge in [-0.05, 0) is 13.0 Å². The quantitative estimate of drug-likeness (QED) is 0.856. The summed E-state index contributed by atoms with van der Waals surface area (Å²) in [5.74, 6) is -0.825. The van der Waals surface area contributed by atoms with Gasteiger partial charge >= 0.3 is 5.97 Å². The average molecular weight is 342 g/mol. The number of carbonyl (C=O) groups excluding carboxylic acids is 1. The number of rotatable bonds is 6. The molecule has 1 aromatic rings. The van der Waals surface area contributed by atoms with Gasteiger partial charge in [-0.1, -0.05) is 23.7 Å². The zero-order valence-electron chi connectivity index (χ0n) is 13.1. The van der Waals surface area contributed by atoms with E-state index in [1.165, 1.54) is 12.0 Å². The summed E-state index contributed by atoms with van der Waals surface area (Å²) in [6, 6.07) is 4.33. The highest BCUT2D eigenvalue weighted by Gasteiger charge is 2.39. The summed E-state index contributed by atoms with van der Waals surface area (Å²) in [5, 5.41) is 9.73. The maximum Gasteiger partial charge on any atom is 0.326 e. The Hall–Kier alpha value is -1.79. The first kappa shape index (κ1) is 17.6. The van der Waals surface area contributed by atoms with E-state index in [0.717, 1.165) is 0 Å². The number of halogens is 1. The van der Waals surface area contributed by atoms with Gasteiger partial charge in [-0.15, -0.1) is 0 Å². The van der Waals surface area contributed by atoms with Gasteiger partial charge in [0.05, 0.1) is 24.2 Å². The van der Waals surface area contributed by atoms with E-state index in [4.69, 9.17) is 21.1 Å². The van der Waals surface area contributed by atoms with Crippen molar-refractivity contribution in [3.05, 3.63) is 28.8 Å². The molecule has 6 nitrogen and oxygen atoms in total. The second kappa shape index (κ2) is 7.66. The number of ether oxygens (including phenoxy) is 2. The first-order valence-electron chi connectivity index (χ1n) is 7.43. The molecule has 1 heterocycles. The molecule has 0 saturated carbocycles. The predicted molar refractivity (Wildman–Crippen MR) is 84.9 cm³/mol. The van der Waals surface area contributed by atoms with E-state index < -0.39 is 12.0 Å². The van der Waals surface area contributed by atoms with Crippen molar-refractivity contribution < 1.29 is 24.2 Å². The summed E-state index contributed by atoms with van der Waals surface area (Å²) < 4.78 is 10.7. The molecule has 23 heavy (non-hydrogen) atoms. The van der Waals surface area contributed by atoms with E-state index in [0.29, 0.717) is 29.4 Å². The van der Waals surface area contributed by atoms with Gasteiger partial charge in [0, 0.05) is 25.6 Å². The number of nitrogens with zero attached hydrogens (tertiary/aromatic N) is 1. The van der Waals surface area contributed by atoms with Crippen LogP contribution < -0.4 is 4.74 Å². The highest BCUT2D eigenvalue weighted by molar-refractivity contribution is 6.32. The number of para-hydroxylation sites is 1. The van der Waals surface area contributed by atoms with Gasteiger partial charge in [0.2, 0.25) is 5.91 Å². The number of hydrogen-bond donors (Lipinski definition) is 1. The fourth-order valence-corrected chi connectivity index (χ4v) is 2.99. The second-order valence-electron chi connectivity index (χ2n) is 5.33. The van der Waals surface area contributed by atoms with Gasteiger partial charge < -0.3 is 19.5 Å². The molecule has 1 aromatic carbocycles. The molecule has 0 radical (unpaired) electrons. The number of hydrogen-bond acceptors (Lipinski definition) is 4. The highest BCUT2D eigenvalue weighted by Crippen LogP contribution is 2.30. The van der Waals surface area contributed by atoms with Crippen LogP contribution in [0.2, 0.25) is 5.02 Å². The lowest BCUT2D eigenvalue weighted by atomic mass is 10.1. The molecule has 7 heteroatoms. The standard InChI is InChI=1S/C16H20ClNO5/c1-3-23-15-10(5-4-6-12(15)17)7-14(19)18-9-11(22-2)8-13(18)16(20)21/h4-6,11,13H,3,7-9H2,1-2H3,(H,20,21). The van der Waals surface area contributed by atoms with Crippen LogP contribution in [0, 0.1) is 0 Å². The van der Waals surface area contributed by atoms with E-state index in [9.17, 15) is 14.7 Å². The monoisotopic (exact) mass is 341 g/mol. The molecule has 126 valence electrons. The van der Waals surface area contributed by atoms with E-state index in [1.807, 2.05) is 6.92 Å². The van der Waals surface area contributed by atoms with Crippen LogP contribution in [0.1, 0.15) is 18.9 Å².